The highest BCUT2D eigenvalue weighted by atomic mass is 35.5. The maximum Gasteiger partial charge on any atom is 0.276 e. The molecular formula is C16H19ClN4O2. The Balaban J connectivity index is 1.85. The van der Waals surface area contributed by atoms with Gasteiger partial charge in [-0.2, -0.15) is 0 Å². The maximum absolute atomic E-state index is 12.7. The summed E-state index contributed by atoms with van der Waals surface area (Å²) < 4.78 is 1.58. The number of likely N-dealkylation sites (tertiary alicyclic amines) is 1. The third-order valence-corrected chi connectivity index (χ3v) is 4.69. The fourth-order valence-electron chi connectivity index (χ4n) is 2.89. The standard InChI is InChI=1S/C16H19ClN4O2/c1-10-15(16(23)20-8-7-12(9-20)11(2)22)18-19-21(10)14-6-4-3-5-13(14)17/h3-6,11-12,22H,7-9H2,1-2H3. The van der Waals surface area contributed by atoms with Gasteiger partial charge in [-0.1, -0.05) is 28.9 Å². The average molecular weight is 335 g/mol. The number of carbonyl (C=O) groups is 1. The van der Waals surface area contributed by atoms with Gasteiger partial charge in [0.05, 0.1) is 22.5 Å². The van der Waals surface area contributed by atoms with E-state index in [2.05, 4.69) is 10.3 Å². The number of aliphatic hydroxyl groups is 1. The van der Waals surface area contributed by atoms with Crippen molar-refractivity contribution in [1.29, 1.82) is 0 Å². The summed E-state index contributed by atoms with van der Waals surface area (Å²) in [6.07, 6.45) is 0.397. The van der Waals surface area contributed by atoms with Crippen molar-refractivity contribution in [2.75, 3.05) is 13.1 Å². The Hall–Kier alpha value is -1.92. The molecule has 6 nitrogen and oxygen atoms in total. The molecule has 1 N–H and O–H groups in total. The first-order valence-electron chi connectivity index (χ1n) is 7.63. The van der Waals surface area contributed by atoms with E-state index in [1.54, 1.807) is 29.5 Å². The number of aliphatic hydroxyl groups excluding tert-OH is 1. The number of amides is 1. The van der Waals surface area contributed by atoms with Crippen molar-refractivity contribution in [3.63, 3.8) is 0 Å². The van der Waals surface area contributed by atoms with Crippen molar-refractivity contribution in [2.24, 2.45) is 5.92 Å². The van der Waals surface area contributed by atoms with Crippen LogP contribution in [0.5, 0.6) is 0 Å². The molecule has 3 rings (SSSR count). The summed E-state index contributed by atoms with van der Waals surface area (Å²) in [5.74, 6) is -0.0261. The molecule has 2 heterocycles. The zero-order chi connectivity index (χ0) is 16.6. The van der Waals surface area contributed by atoms with Gasteiger partial charge in [-0.05, 0) is 32.4 Å². The zero-order valence-electron chi connectivity index (χ0n) is 13.1. The van der Waals surface area contributed by atoms with Crippen LogP contribution in [0, 0.1) is 12.8 Å². The van der Waals surface area contributed by atoms with Gasteiger partial charge >= 0.3 is 0 Å². The molecule has 1 fully saturated rings. The molecule has 2 aromatic rings. The Labute approximate surface area is 139 Å². The molecule has 0 saturated carbocycles. The van der Waals surface area contributed by atoms with Gasteiger partial charge in [-0.15, -0.1) is 5.10 Å². The third-order valence-electron chi connectivity index (χ3n) is 4.37. The number of carbonyl (C=O) groups excluding carboxylic acids is 1. The number of aromatic nitrogens is 3. The summed E-state index contributed by atoms with van der Waals surface area (Å²) in [6, 6.07) is 7.30. The van der Waals surface area contributed by atoms with Gasteiger partial charge in [0.1, 0.15) is 0 Å². The van der Waals surface area contributed by atoms with Crippen molar-refractivity contribution in [1.82, 2.24) is 19.9 Å². The molecule has 1 aliphatic rings. The van der Waals surface area contributed by atoms with Crippen LogP contribution in [0.2, 0.25) is 5.02 Å². The average Bonchev–Trinajstić information content (AvgIpc) is 3.14. The normalized spacial score (nSPS) is 19.1. The number of rotatable bonds is 3. The number of hydrogen-bond donors (Lipinski definition) is 1. The topological polar surface area (TPSA) is 71.2 Å². The molecule has 1 aromatic heterocycles. The summed E-state index contributed by atoms with van der Waals surface area (Å²) >= 11 is 6.19. The fourth-order valence-corrected chi connectivity index (χ4v) is 3.11. The lowest BCUT2D eigenvalue weighted by atomic mass is 10.0. The van der Waals surface area contributed by atoms with Gasteiger partial charge in [-0.3, -0.25) is 4.79 Å². The second-order valence-electron chi connectivity index (χ2n) is 5.93. The molecule has 1 aromatic carbocycles. The van der Waals surface area contributed by atoms with E-state index in [4.69, 9.17) is 11.6 Å². The Bertz CT molecular complexity index is 729. The summed E-state index contributed by atoms with van der Waals surface area (Å²) in [5, 5.41) is 18.4. The minimum atomic E-state index is -0.410. The third kappa shape index (κ3) is 2.96. The zero-order valence-corrected chi connectivity index (χ0v) is 13.9. The molecule has 122 valence electrons. The molecular weight excluding hydrogens is 316 g/mol. The quantitative estimate of drug-likeness (QED) is 0.932. The molecule has 7 heteroatoms. The Morgan fingerprint density at radius 3 is 2.83 bits per heavy atom. The minimum absolute atomic E-state index is 0.123. The molecule has 2 unspecified atom stereocenters. The second-order valence-corrected chi connectivity index (χ2v) is 6.33. The summed E-state index contributed by atoms with van der Waals surface area (Å²) in [5.41, 5.74) is 1.68. The largest absolute Gasteiger partial charge is 0.393 e. The van der Waals surface area contributed by atoms with Gasteiger partial charge in [0.2, 0.25) is 0 Å². The van der Waals surface area contributed by atoms with Crippen LogP contribution in [0.3, 0.4) is 0 Å². The van der Waals surface area contributed by atoms with Crippen LogP contribution >= 0.6 is 11.6 Å². The Kier molecular flexibility index (Phi) is 4.37. The first-order valence-corrected chi connectivity index (χ1v) is 8.01. The lowest BCUT2D eigenvalue weighted by molar-refractivity contribution is 0.0756. The van der Waals surface area contributed by atoms with E-state index in [-0.39, 0.29) is 11.8 Å². The van der Waals surface area contributed by atoms with E-state index >= 15 is 0 Å². The monoisotopic (exact) mass is 334 g/mol. The van der Waals surface area contributed by atoms with Crippen molar-refractivity contribution >= 4 is 17.5 Å². The molecule has 1 amide bonds. The van der Waals surface area contributed by atoms with Crippen molar-refractivity contribution in [3.05, 3.63) is 40.7 Å². The predicted molar refractivity (Wildman–Crippen MR) is 86.8 cm³/mol. The highest BCUT2D eigenvalue weighted by Crippen LogP contribution is 2.24. The molecule has 2 atom stereocenters. The van der Waals surface area contributed by atoms with Crippen LogP contribution in [-0.4, -0.2) is 50.1 Å². The van der Waals surface area contributed by atoms with Crippen LogP contribution in [0.1, 0.15) is 29.5 Å². The van der Waals surface area contributed by atoms with Gasteiger partial charge < -0.3 is 10.0 Å². The molecule has 23 heavy (non-hydrogen) atoms. The number of benzene rings is 1. The van der Waals surface area contributed by atoms with E-state index in [0.717, 1.165) is 6.42 Å². The number of halogens is 1. The number of nitrogens with zero attached hydrogens (tertiary/aromatic N) is 4. The van der Waals surface area contributed by atoms with E-state index in [1.807, 2.05) is 18.2 Å². The lowest BCUT2D eigenvalue weighted by Crippen LogP contribution is -2.31. The molecule has 0 bridgehead atoms. The SMILES string of the molecule is Cc1c(C(=O)N2CCC(C(C)O)C2)nnn1-c1ccccc1Cl. The Morgan fingerprint density at radius 2 is 2.17 bits per heavy atom. The van der Waals surface area contributed by atoms with Gasteiger partial charge in [0.25, 0.3) is 5.91 Å². The summed E-state index contributed by atoms with van der Waals surface area (Å²) in [4.78, 5) is 14.4. The maximum atomic E-state index is 12.7. The first kappa shape index (κ1) is 16.0. The van der Waals surface area contributed by atoms with E-state index in [1.165, 1.54) is 0 Å². The van der Waals surface area contributed by atoms with Crippen molar-refractivity contribution < 1.29 is 9.90 Å². The van der Waals surface area contributed by atoms with E-state index in [0.29, 0.717) is 35.2 Å². The number of hydrogen-bond acceptors (Lipinski definition) is 4. The van der Waals surface area contributed by atoms with E-state index in [9.17, 15) is 9.90 Å². The fraction of sp³-hybridized carbons (Fsp3) is 0.438. The van der Waals surface area contributed by atoms with Crippen LogP contribution in [-0.2, 0) is 0 Å². The van der Waals surface area contributed by atoms with Crippen LogP contribution in [0.15, 0.2) is 24.3 Å². The van der Waals surface area contributed by atoms with Crippen molar-refractivity contribution in [2.45, 2.75) is 26.4 Å². The Morgan fingerprint density at radius 1 is 1.43 bits per heavy atom. The minimum Gasteiger partial charge on any atom is -0.393 e. The predicted octanol–water partition coefficient (Wildman–Crippen LogP) is 2.07. The lowest BCUT2D eigenvalue weighted by Gasteiger charge is -2.16. The molecule has 1 aliphatic heterocycles. The van der Waals surface area contributed by atoms with Crippen LogP contribution < -0.4 is 0 Å². The number of para-hydroxylation sites is 1. The van der Waals surface area contributed by atoms with Crippen LogP contribution in [0.4, 0.5) is 0 Å². The highest BCUT2D eigenvalue weighted by molar-refractivity contribution is 6.32. The molecule has 0 spiro atoms. The molecule has 0 aliphatic carbocycles. The summed E-state index contributed by atoms with van der Waals surface area (Å²) in [7, 11) is 0. The van der Waals surface area contributed by atoms with Gasteiger partial charge in [-0.25, -0.2) is 4.68 Å². The molecule has 0 radical (unpaired) electrons. The first-order chi connectivity index (χ1) is 11.0. The van der Waals surface area contributed by atoms with Gasteiger partial charge in [0, 0.05) is 19.0 Å². The van der Waals surface area contributed by atoms with E-state index < -0.39 is 6.10 Å². The second kappa shape index (κ2) is 6.29. The highest BCUT2D eigenvalue weighted by Gasteiger charge is 2.32. The van der Waals surface area contributed by atoms with Crippen LogP contribution in [0.25, 0.3) is 5.69 Å². The molecule has 1 saturated heterocycles. The van der Waals surface area contributed by atoms with Gasteiger partial charge in [0.15, 0.2) is 5.69 Å². The van der Waals surface area contributed by atoms with Crippen molar-refractivity contribution in [3.8, 4) is 5.69 Å². The summed E-state index contributed by atoms with van der Waals surface area (Å²) in [6.45, 7) is 4.75. The smallest absolute Gasteiger partial charge is 0.276 e.